The molecule has 7 nitrogen and oxygen atoms in total. The Morgan fingerprint density at radius 3 is 2.53 bits per heavy atom. The molecule has 1 aromatic heterocycles. The van der Waals surface area contributed by atoms with Gasteiger partial charge in [0.1, 0.15) is 5.75 Å². The van der Waals surface area contributed by atoms with Crippen LogP contribution in [-0.2, 0) is 0 Å². The van der Waals surface area contributed by atoms with Gasteiger partial charge in [-0.3, -0.25) is 9.69 Å². The van der Waals surface area contributed by atoms with Crippen LogP contribution < -0.4 is 14.4 Å². The zero-order valence-corrected chi connectivity index (χ0v) is 22.4. The van der Waals surface area contributed by atoms with E-state index in [0.717, 1.165) is 30.4 Å². The molecule has 0 unspecified atom stereocenters. The van der Waals surface area contributed by atoms with Gasteiger partial charge in [0.05, 0.1) is 17.9 Å². The van der Waals surface area contributed by atoms with Crippen molar-refractivity contribution in [2.24, 2.45) is 0 Å². The molecule has 1 aliphatic heterocycles. The van der Waals surface area contributed by atoms with Crippen LogP contribution in [-0.4, -0.2) is 34.0 Å². The number of rotatable bonds is 9. The third kappa shape index (κ3) is 5.36. The fourth-order valence-corrected chi connectivity index (χ4v) is 4.77. The average molecular weight is 527 g/mol. The quantitative estimate of drug-likeness (QED) is 0.172. The molecule has 5 rings (SSSR count). The van der Waals surface area contributed by atoms with Crippen LogP contribution in [0.15, 0.2) is 84.0 Å². The van der Waals surface area contributed by atoms with Gasteiger partial charge in [-0.15, -0.1) is 10.2 Å². The fourth-order valence-electron chi connectivity index (χ4n) is 4.47. The Morgan fingerprint density at radius 2 is 1.71 bits per heavy atom. The smallest absolute Gasteiger partial charge is 0.261 e. The van der Waals surface area contributed by atoms with Crippen molar-refractivity contribution in [3.05, 3.63) is 90.0 Å². The summed E-state index contributed by atoms with van der Waals surface area (Å²) in [5.41, 5.74) is 3.16. The molecule has 1 amide bonds. The molecule has 4 aromatic rings. The normalized spacial score (nSPS) is 14.2. The van der Waals surface area contributed by atoms with E-state index >= 15 is 0 Å². The number of anilines is 1. The largest absolute Gasteiger partial charge is 0.493 e. The number of aromatic nitrogens is 3. The number of amides is 1. The molecule has 1 aliphatic rings. The molecule has 194 valence electrons. The number of thioether (sulfide) groups is 1. The number of carbonyl (C=O) groups is 1. The number of fused-ring (bicyclic) bond motifs is 3. The SMILES string of the molecule is CCCCCCOc1ccccc1[C@@H]1Oc2nc(SC)nnc2-c2ccccc2N1C(=O)c1ccccc1. The molecule has 8 heteroatoms. The van der Waals surface area contributed by atoms with E-state index in [-0.39, 0.29) is 5.91 Å². The Hall–Kier alpha value is -3.91. The number of para-hydroxylation sites is 2. The van der Waals surface area contributed by atoms with Crippen LogP contribution in [0.1, 0.15) is 54.8 Å². The van der Waals surface area contributed by atoms with Gasteiger partial charge in [0, 0.05) is 11.1 Å². The van der Waals surface area contributed by atoms with Crippen molar-refractivity contribution in [2.75, 3.05) is 17.8 Å². The van der Waals surface area contributed by atoms with Gasteiger partial charge in [-0.1, -0.05) is 86.5 Å². The summed E-state index contributed by atoms with van der Waals surface area (Å²) in [6, 6.07) is 24.6. The third-order valence-corrected chi connectivity index (χ3v) is 6.91. The number of hydrogen-bond donors (Lipinski definition) is 0. The maximum atomic E-state index is 14.2. The van der Waals surface area contributed by atoms with Gasteiger partial charge in [-0.2, -0.15) is 4.98 Å². The minimum Gasteiger partial charge on any atom is -0.493 e. The monoisotopic (exact) mass is 526 g/mol. The van der Waals surface area contributed by atoms with E-state index in [2.05, 4.69) is 22.1 Å². The second kappa shape index (κ2) is 12.1. The molecule has 0 aliphatic carbocycles. The van der Waals surface area contributed by atoms with Gasteiger partial charge in [0.2, 0.25) is 17.3 Å². The van der Waals surface area contributed by atoms with Crippen LogP contribution in [0, 0.1) is 0 Å². The standard InChI is InChI=1S/C30H30N4O3S/c1-3-4-5-13-20-36-25-19-12-10-17-23(25)29-34(28(35)21-14-7-6-8-15-21)24-18-11-9-16-22(24)26-27(37-29)31-30(38-2)33-32-26/h6-12,14-19,29H,3-5,13,20H2,1-2H3/t29-/m0/s1. The van der Waals surface area contributed by atoms with Gasteiger partial charge in [-0.05, 0) is 43.0 Å². The van der Waals surface area contributed by atoms with Crippen molar-refractivity contribution in [3.8, 4) is 22.9 Å². The number of hydrogen-bond acceptors (Lipinski definition) is 7. The van der Waals surface area contributed by atoms with Gasteiger partial charge < -0.3 is 9.47 Å². The van der Waals surface area contributed by atoms with Gasteiger partial charge >= 0.3 is 0 Å². The van der Waals surface area contributed by atoms with Crippen LogP contribution in [0.5, 0.6) is 11.6 Å². The van der Waals surface area contributed by atoms with Crippen molar-refractivity contribution >= 4 is 23.4 Å². The first-order chi connectivity index (χ1) is 18.7. The zero-order valence-electron chi connectivity index (χ0n) is 21.5. The highest BCUT2D eigenvalue weighted by Gasteiger charge is 2.37. The Morgan fingerprint density at radius 1 is 0.947 bits per heavy atom. The number of unbranched alkanes of at least 4 members (excludes halogenated alkanes) is 3. The molecule has 0 saturated heterocycles. The first-order valence-corrected chi connectivity index (χ1v) is 14.1. The van der Waals surface area contributed by atoms with Crippen LogP contribution >= 0.6 is 11.8 Å². The van der Waals surface area contributed by atoms with Crippen molar-refractivity contribution in [3.63, 3.8) is 0 Å². The molecule has 0 bridgehead atoms. The molecule has 0 spiro atoms. The molecule has 2 heterocycles. The van der Waals surface area contributed by atoms with E-state index in [1.165, 1.54) is 18.2 Å². The highest BCUT2D eigenvalue weighted by Crippen LogP contribution is 2.45. The summed E-state index contributed by atoms with van der Waals surface area (Å²) in [6.07, 6.45) is 5.45. The molecular weight excluding hydrogens is 496 g/mol. The summed E-state index contributed by atoms with van der Waals surface area (Å²) in [7, 11) is 0. The third-order valence-electron chi connectivity index (χ3n) is 6.37. The molecule has 3 aromatic carbocycles. The lowest BCUT2D eigenvalue weighted by molar-refractivity contribution is 0.0906. The summed E-state index contributed by atoms with van der Waals surface area (Å²) >= 11 is 1.38. The summed E-state index contributed by atoms with van der Waals surface area (Å²) in [6.45, 7) is 2.78. The molecule has 38 heavy (non-hydrogen) atoms. The van der Waals surface area contributed by atoms with E-state index in [4.69, 9.17) is 9.47 Å². The van der Waals surface area contributed by atoms with Crippen LogP contribution in [0.2, 0.25) is 0 Å². The fraction of sp³-hybridized carbons (Fsp3) is 0.267. The van der Waals surface area contributed by atoms with Crippen LogP contribution in [0.25, 0.3) is 11.3 Å². The summed E-state index contributed by atoms with van der Waals surface area (Å²) in [5.74, 6) is 0.794. The van der Waals surface area contributed by atoms with Crippen molar-refractivity contribution in [1.29, 1.82) is 0 Å². The Labute approximate surface area is 227 Å². The zero-order chi connectivity index (χ0) is 26.3. The predicted molar refractivity (Wildman–Crippen MR) is 150 cm³/mol. The van der Waals surface area contributed by atoms with E-state index in [1.54, 1.807) is 17.0 Å². The second-order valence-electron chi connectivity index (χ2n) is 8.93. The Kier molecular flexibility index (Phi) is 8.19. The van der Waals surface area contributed by atoms with E-state index < -0.39 is 6.23 Å². The van der Waals surface area contributed by atoms with E-state index in [9.17, 15) is 4.79 Å². The lowest BCUT2D eigenvalue weighted by Crippen LogP contribution is -2.38. The van der Waals surface area contributed by atoms with Crippen molar-refractivity contribution < 1.29 is 14.3 Å². The first-order valence-electron chi connectivity index (χ1n) is 12.9. The lowest BCUT2D eigenvalue weighted by atomic mass is 10.1. The van der Waals surface area contributed by atoms with Gasteiger partial charge in [0.25, 0.3) is 5.91 Å². The van der Waals surface area contributed by atoms with Crippen LogP contribution in [0.4, 0.5) is 5.69 Å². The van der Waals surface area contributed by atoms with E-state index in [1.807, 2.05) is 73.0 Å². The molecule has 1 atom stereocenters. The van der Waals surface area contributed by atoms with Crippen molar-refractivity contribution in [2.45, 2.75) is 44.0 Å². The molecule has 0 saturated carbocycles. The average Bonchev–Trinajstić information content (AvgIpc) is 3.11. The lowest BCUT2D eigenvalue weighted by Gasteiger charge is -2.31. The molecular formula is C30H30N4O3S. The maximum absolute atomic E-state index is 14.2. The molecule has 0 fully saturated rings. The maximum Gasteiger partial charge on any atom is 0.261 e. The number of carbonyl (C=O) groups excluding carboxylic acids is 1. The minimum atomic E-state index is -0.844. The highest BCUT2D eigenvalue weighted by atomic mass is 32.2. The number of nitrogens with zero attached hydrogens (tertiary/aromatic N) is 4. The van der Waals surface area contributed by atoms with Crippen molar-refractivity contribution in [1.82, 2.24) is 15.2 Å². The first kappa shape index (κ1) is 25.7. The van der Waals surface area contributed by atoms with Gasteiger partial charge in [-0.25, -0.2) is 0 Å². The van der Waals surface area contributed by atoms with Gasteiger partial charge in [0.15, 0.2) is 5.69 Å². The molecule has 0 N–H and O–H groups in total. The number of benzene rings is 3. The second-order valence-corrected chi connectivity index (χ2v) is 9.70. The Balaban J connectivity index is 1.65. The van der Waals surface area contributed by atoms with Crippen LogP contribution in [0.3, 0.4) is 0 Å². The summed E-state index contributed by atoms with van der Waals surface area (Å²) in [5, 5.41) is 9.20. The highest BCUT2D eigenvalue weighted by molar-refractivity contribution is 7.98. The topological polar surface area (TPSA) is 77.4 Å². The van der Waals surface area contributed by atoms with E-state index in [0.29, 0.717) is 40.3 Å². The molecule has 0 radical (unpaired) electrons. The predicted octanol–water partition coefficient (Wildman–Crippen LogP) is 6.96. The Bertz CT molecular complexity index is 1400. The summed E-state index contributed by atoms with van der Waals surface area (Å²) < 4.78 is 12.9. The number of ether oxygens (including phenoxy) is 2. The summed E-state index contributed by atoms with van der Waals surface area (Å²) in [4.78, 5) is 20.5. The minimum absolute atomic E-state index is 0.202.